The summed E-state index contributed by atoms with van der Waals surface area (Å²) in [6, 6.07) is 15.7. The van der Waals surface area contributed by atoms with Crippen LogP contribution in [0.3, 0.4) is 0 Å². The molecule has 2 fully saturated rings. The zero-order valence-electron chi connectivity index (χ0n) is 15.6. The first-order chi connectivity index (χ1) is 14.0. The number of morpholine rings is 2. The molecule has 2 saturated heterocycles. The van der Waals surface area contributed by atoms with Gasteiger partial charge in [0.15, 0.2) is 0 Å². The summed E-state index contributed by atoms with van der Waals surface area (Å²) in [5.41, 5.74) is 0.932. The molecule has 0 aromatic heterocycles. The van der Waals surface area contributed by atoms with Crippen molar-refractivity contribution in [2.75, 3.05) is 44.4 Å². The lowest BCUT2D eigenvalue weighted by Gasteiger charge is -2.26. The maximum Gasteiger partial charge on any atom is 0.253 e. The van der Waals surface area contributed by atoms with E-state index < -0.39 is 0 Å². The van der Waals surface area contributed by atoms with Crippen LogP contribution in [0.1, 0.15) is 0 Å². The topological polar surface area (TPSA) is 67.9 Å². The fourth-order valence-corrected chi connectivity index (χ4v) is 3.11. The molecule has 2 heterocycles. The number of anilines is 1. The molecule has 0 radical (unpaired) electrons. The Morgan fingerprint density at radius 3 is 1.69 bits per heavy atom. The molecular weight excluding hydrogens is 572 g/mol. The number of carbonyl (C=O) groups excluding carboxylic acids is 2. The van der Waals surface area contributed by atoms with E-state index in [-0.39, 0.29) is 25.0 Å². The van der Waals surface area contributed by atoms with Gasteiger partial charge in [0, 0.05) is 32.2 Å². The van der Waals surface area contributed by atoms with Gasteiger partial charge in [0.1, 0.15) is 13.2 Å². The number of amides is 2. The number of ether oxygens (including phenoxy) is 2. The number of benzene rings is 2. The minimum atomic E-state index is -0.00810. The summed E-state index contributed by atoms with van der Waals surface area (Å²) in [5.74, 6) is 0.0184. The quantitative estimate of drug-likeness (QED) is 0.540. The summed E-state index contributed by atoms with van der Waals surface area (Å²) >= 11 is 10.0. The van der Waals surface area contributed by atoms with Gasteiger partial charge in [0.05, 0.1) is 13.2 Å². The molecular formula is C20H21Br3N2O4. The van der Waals surface area contributed by atoms with Crippen LogP contribution in [0.4, 0.5) is 5.69 Å². The van der Waals surface area contributed by atoms with Gasteiger partial charge in [0.2, 0.25) is 5.91 Å². The molecule has 2 aromatic rings. The van der Waals surface area contributed by atoms with Crippen molar-refractivity contribution < 1.29 is 19.1 Å². The van der Waals surface area contributed by atoms with Crippen molar-refractivity contribution in [1.82, 2.24) is 5.32 Å². The molecule has 4 rings (SSSR count). The van der Waals surface area contributed by atoms with Gasteiger partial charge in [-0.05, 0) is 48.5 Å². The molecule has 29 heavy (non-hydrogen) atoms. The highest BCUT2D eigenvalue weighted by atomic mass is 79.9. The molecule has 0 bridgehead atoms. The molecule has 0 aliphatic carbocycles. The zero-order valence-corrected chi connectivity index (χ0v) is 20.3. The second-order valence-corrected chi connectivity index (χ2v) is 8.66. The Morgan fingerprint density at radius 2 is 1.28 bits per heavy atom. The molecule has 0 saturated carbocycles. The van der Waals surface area contributed by atoms with E-state index in [1.54, 1.807) is 4.90 Å². The Kier molecular flexibility index (Phi) is 10.9. The Bertz CT molecular complexity index is 756. The van der Waals surface area contributed by atoms with Crippen LogP contribution >= 0.6 is 47.8 Å². The Labute approximate surface area is 195 Å². The fourth-order valence-electron chi connectivity index (χ4n) is 2.32. The van der Waals surface area contributed by atoms with Crippen LogP contribution in [-0.2, 0) is 19.1 Å². The van der Waals surface area contributed by atoms with E-state index in [0.29, 0.717) is 26.3 Å². The van der Waals surface area contributed by atoms with E-state index in [1.807, 2.05) is 48.5 Å². The van der Waals surface area contributed by atoms with Crippen LogP contribution in [0, 0.1) is 0 Å². The SMILES string of the molecule is Brc1ccc(Br)cc1.O=C1COCCN1.O=C1COCCN1c1ccc(Br)cc1. The molecule has 0 spiro atoms. The third-order valence-corrected chi connectivity index (χ3v) is 5.32. The van der Waals surface area contributed by atoms with Gasteiger partial charge < -0.3 is 19.7 Å². The largest absolute Gasteiger partial charge is 0.370 e. The molecule has 9 heteroatoms. The number of hydrogen-bond acceptors (Lipinski definition) is 4. The number of nitrogens with one attached hydrogen (secondary N) is 1. The molecule has 2 aliphatic heterocycles. The van der Waals surface area contributed by atoms with E-state index in [9.17, 15) is 9.59 Å². The van der Waals surface area contributed by atoms with Crippen LogP contribution in [-0.4, -0.2) is 51.3 Å². The summed E-state index contributed by atoms with van der Waals surface area (Å²) in [7, 11) is 0. The second-order valence-electron chi connectivity index (χ2n) is 5.91. The standard InChI is InChI=1S/C10H10BrNO2.C6H4Br2.C4H7NO2/c11-8-1-3-9(4-2-8)12-5-6-14-7-10(12)13;7-5-1-2-6(8)4-3-5;6-4-3-7-2-1-5-4/h1-4H,5-7H2;1-4H;1-3H2,(H,5,6). The lowest BCUT2D eigenvalue weighted by Crippen LogP contribution is -2.41. The lowest BCUT2D eigenvalue weighted by molar-refractivity contribution is -0.129. The first kappa shape index (κ1) is 24.0. The zero-order chi connectivity index (χ0) is 21.1. The minimum absolute atomic E-state index is 0.00810. The van der Waals surface area contributed by atoms with Crippen LogP contribution in [0.2, 0.25) is 0 Å². The van der Waals surface area contributed by atoms with Crippen molar-refractivity contribution in [3.63, 3.8) is 0 Å². The third-order valence-electron chi connectivity index (χ3n) is 3.73. The van der Waals surface area contributed by atoms with Gasteiger partial charge in [-0.2, -0.15) is 0 Å². The fraction of sp³-hybridized carbons (Fsp3) is 0.300. The van der Waals surface area contributed by atoms with Crippen molar-refractivity contribution in [2.24, 2.45) is 0 Å². The predicted molar refractivity (Wildman–Crippen MR) is 123 cm³/mol. The van der Waals surface area contributed by atoms with E-state index >= 15 is 0 Å². The summed E-state index contributed by atoms with van der Waals surface area (Å²) < 4.78 is 13.1. The summed E-state index contributed by atoms with van der Waals surface area (Å²) in [5, 5.41) is 2.62. The number of hydrogen-bond donors (Lipinski definition) is 1. The van der Waals surface area contributed by atoms with Gasteiger partial charge in [-0.3, -0.25) is 9.59 Å². The number of nitrogens with zero attached hydrogens (tertiary/aromatic N) is 1. The van der Waals surface area contributed by atoms with Gasteiger partial charge in [0.25, 0.3) is 5.91 Å². The highest BCUT2D eigenvalue weighted by molar-refractivity contribution is 9.11. The summed E-state index contributed by atoms with van der Waals surface area (Å²) in [4.78, 5) is 23.4. The minimum Gasteiger partial charge on any atom is -0.370 e. The smallest absolute Gasteiger partial charge is 0.253 e. The van der Waals surface area contributed by atoms with Gasteiger partial charge in [-0.25, -0.2) is 0 Å². The maximum absolute atomic E-state index is 11.5. The molecule has 6 nitrogen and oxygen atoms in total. The average molecular weight is 593 g/mol. The molecule has 2 amide bonds. The van der Waals surface area contributed by atoms with Crippen molar-refractivity contribution in [1.29, 1.82) is 0 Å². The van der Waals surface area contributed by atoms with Crippen LogP contribution in [0.25, 0.3) is 0 Å². The highest BCUT2D eigenvalue weighted by Crippen LogP contribution is 2.19. The normalized spacial score (nSPS) is 16.0. The molecule has 0 atom stereocenters. The molecule has 1 N–H and O–H groups in total. The number of rotatable bonds is 1. The van der Waals surface area contributed by atoms with Gasteiger partial charge >= 0.3 is 0 Å². The molecule has 0 unspecified atom stereocenters. The van der Waals surface area contributed by atoms with Crippen molar-refractivity contribution >= 4 is 65.3 Å². The first-order valence-electron chi connectivity index (χ1n) is 8.85. The van der Waals surface area contributed by atoms with Crippen molar-refractivity contribution in [2.45, 2.75) is 0 Å². The van der Waals surface area contributed by atoms with E-state index in [4.69, 9.17) is 9.47 Å². The van der Waals surface area contributed by atoms with Crippen LogP contribution in [0.15, 0.2) is 61.9 Å². The third kappa shape index (κ3) is 9.39. The van der Waals surface area contributed by atoms with E-state index in [0.717, 1.165) is 19.1 Å². The van der Waals surface area contributed by atoms with Crippen LogP contribution in [0.5, 0.6) is 0 Å². The molecule has 156 valence electrons. The summed E-state index contributed by atoms with van der Waals surface area (Å²) in [6.07, 6.45) is 0. The second kappa shape index (κ2) is 13.1. The Hall–Kier alpha value is -1.26. The van der Waals surface area contributed by atoms with E-state index in [1.165, 1.54) is 0 Å². The monoisotopic (exact) mass is 590 g/mol. The number of carbonyl (C=O) groups is 2. The summed E-state index contributed by atoms with van der Waals surface area (Å²) in [6.45, 7) is 3.00. The van der Waals surface area contributed by atoms with Gasteiger partial charge in [-0.15, -0.1) is 0 Å². The maximum atomic E-state index is 11.5. The van der Waals surface area contributed by atoms with Crippen molar-refractivity contribution in [3.8, 4) is 0 Å². The first-order valence-corrected chi connectivity index (χ1v) is 11.2. The lowest BCUT2D eigenvalue weighted by atomic mass is 10.2. The molecule has 2 aliphatic rings. The van der Waals surface area contributed by atoms with E-state index in [2.05, 4.69) is 53.1 Å². The van der Waals surface area contributed by atoms with Gasteiger partial charge in [-0.1, -0.05) is 47.8 Å². The Balaban J connectivity index is 0.000000170. The predicted octanol–water partition coefficient (Wildman–Crippen LogP) is 4.16. The molecule has 2 aromatic carbocycles. The van der Waals surface area contributed by atoms with Crippen molar-refractivity contribution in [3.05, 3.63) is 61.9 Å². The number of halogens is 3. The van der Waals surface area contributed by atoms with Crippen LogP contribution < -0.4 is 10.2 Å². The highest BCUT2D eigenvalue weighted by Gasteiger charge is 2.19. The Morgan fingerprint density at radius 1 is 0.759 bits per heavy atom. The average Bonchev–Trinajstić information content (AvgIpc) is 2.73.